The number of hydrogen-bond acceptors (Lipinski definition) is 10. The third kappa shape index (κ3) is 4.55. The lowest BCUT2D eigenvalue weighted by Crippen LogP contribution is -2.52. The molecule has 224 valence electrons. The maximum Gasteiger partial charge on any atom is 0.312 e. The minimum atomic E-state index is -2.16. The Bertz CT molecular complexity index is 1390. The summed E-state index contributed by atoms with van der Waals surface area (Å²) in [6.45, 7) is -0.0867. The number of fused-ring (bicyclic) bond motifs is 3. The monoisotopic (exact) mass is 580 g/mol. The minimum Gasteiger partial charge on any atom is -0.497 e. The Morgan fingerprint density at radius 1 is 1.00 bits per heavy atom. The SMILES string of the molecule is COC(=O)[C@H]1[C@@H](O)[C@@]2(O)c3c(OC)cc(OCCCC(O)CO)cc3O[C@@]2(c2ccc(OC)cc2)[C@@H]1c1ccccc1. The first-order chi connectivity index (χ1) is 20.3. The number of hydrogen-bond donors (Lipinski definition) is 4. The molecule has 1 heterocycles. The fourth-order valence-electron chi connectivity index (χ4n) is 6.47. The van der Waals surface area contributed by atoms with E-state index in [2.05, 4.69) is 0 Å². The highest BCUT2D eigenvalue weighted by atomic mass is 16.6. The molecule has 6 atom stereocenters. The molecule has 1 unspecified atom stereocenters. The molecule has 3 aromatic carbocycles. The molecule has 0 bridgehead atoms. The molecule has 42 heavy (non-hydrogen) atoms. The third-order valence-corrected chi connectivity index (χ3v) is 8.36. The van der Waals surface area contributed by atoms with Crippen LogP contribution in [-0.2, 0) is 20.7 Å². The molecule has 10 heteroatoms. The van der Waals surface area contributed by atoms with Gasteiger partial charge in [-0.05, 0) is 36.1 Å². The van der Waals surface area contributed by atoms with E-state index in [0.717, 1.165) is 0 Å². The second kappa shape index (κ2) is 11.8. The third-order valence-electron chi connectivity index (χ3n) is 8.36. The van der Waals surface area contributed by atoms with Gasteiger partial charge in [-0.3, -0.25) is 4.79 Å². The summed E-state index contributed by atoms with van der Waals surface area (Å²) in [6.07, 6.45) is -1.64. The predicted octanol–water partition coefficient (Wildman–Crippen LogP) is 2.64. The van der Waals surface area contributed by atoms with Crippen molar-refractivity contribution in [3.05, 3.63) is 83.4 Å². The molecule has 0 aromatic heterocycles. The summed E-state index contributed by atoms with van der Waals surface area (Å²) in [5, 5.41) is 43.5. The molecule has 0 radical (unpaired) electrons. The van der Waals surface area contributed by atoms with E-state index in [1.165, 1.54) is 14.2 Å². The van der Waals surface area contributed by atoms with Gasteiger partial charge >= 0.3 is 5.97 Å². The van der Waals surface area contributed by atoms with Gasteiger partial charge in [0.1, 0.15) is 29.1 Å². The summed E-state index contributed by atoms with van der Waals surface area (Å²) in [5.74, 6) is -1.40. The summed E-state index contributed by atoms with van der Waals surface area (Å²) < 4.78 is 29.0. The molecule has 0 spiro atoms. The van der Waals surface area contributed by atoms with Gasteiger partial charge in [0, 0.05) is 18.1 Å². The topological polar surface area (TPSA) is 144 Å². The first-order valence-corrected chi connectivity index (χ1v) is 13.8. The number of esters is 1. The van der Waals surface area contributed by atoms with Gasteiger partial charge in [-0.2, -0.15) is 0 Å². The van der Waals surface area contributed by atoms with Crippen molar-refractivity contribution < 1.29 is 48.9 Å². The fourth-order valence-corrected chi connectivity index (χ4v) is 6.47. The van der Waals surface area contributed by atoms with Crippen LogP contribution in [0.4, 0.5) is 0 Å². The van der Waals surface area contributed by atoms with Gasteiger partial charge in [-0.1, -0.05) is 42.5 Å². The normalized spacial score (nSPS) is 26.5. The average Bonchev–Trinajstić information content (AvgIpc) is 3.40. The second-order valence-corrected chi connectivity index (χ2v) is 10.5. The van der Waals surface area contributed by atoms with Gasteiger partial charge in [0.25, 0.3) is 0 Å². The molecule has 1 saturated carbocycles. The summed E-state index contributed by atoms with van der Waals surface area (Å²) in [4.78, 5) is 13.3. The van der Waals surface area contributed by atoms with Gasteiger partial charge in [0.2, 0.25) is 0 Å². The van der Waals surface area contributed by atoms with E-state index < -0.39 is 41.2 Å². The van der Waals surface area contributed by atoms with Crippen LogP contribution in [0, 0.1) is 5.92 Å². The van der Waals surface area contributed by atoms with Crippen LogP contribution < -0.4 is 18.9 Å². The largest absolute Gasteiger partial charge is 0.497 e. The smallest absolute Gasteiger partial charge is 0.312 e. The van der Waals surface area contributed by atoms with Crippen LogP contribution in [0.3, 0.4) is 0 Å². The van der Waals surface area contributed by atoms with Crippen molar-refractivity contribution in [1.82, 2.24) is 0 Å². The Labute approximate surface area is 244 Å². The van der Waals surface area contributed by atoms with Crippen molar-refractivity contribution in [1.29, 1.82) is 0 Å². The van der Waals surface area contributed by atoms with Crippen LogP contribution >= 0.6 is 0 Å². The Kier molecular flexibility index (Phi) is 8.34. The number of ether oxygens (including phenoxy) is 5. The molecule has 1 aliphatic heterocycles. The number of carbonyl (C=O) groups excluding carboxylic acids is 1. The molecule has 3 aromatic rings. The van der Waals surface area contributed by atoms with Crippen molar-refractivity contribution in [3.8, 4) is 23.0 Å². The Balaban J connectivity index is 1.70. The second-order valence-electron chi connectivity index (χ2n) is 10.5. The lowest BCUT2D eigenvalue weighted by molar-refractivity contribution is -0.161. The zero-order valence-corrected chi connectivity index (χ0v) is 23.7. The van der Waals surface area contributed by atoms with Crippen molar-refractivity contribution >= 4 is 5.97 Å². The highest BCUT2D eigenvalue weighted by molar-refractivity contribution is 5.78. The lowest BCUT2D eigenvalue weighted by Gasteiger charge is -2.40. The molecular formula is C32H36O10. The van der Waals surface area contributed by atoms with Crippen LogP contribution in [0.15, 0.2) is 66.7 Å². The van der Waals surface area contributed by atoms with Gasteiger partial charge in [-0.15, -0.1) is 0 Å². The lowest BCUT2D eigenvalue weighted by atomic mass is 9.70. The number of rotatable bonds is 11. The molecule has 1 aliphatic carbocycles. The fraction of sp³-hybridized carbons (Fsp3) is 0.406. The summed E-state index contributed by atoms with van der Waals surface area (Å²) in [6, 6.07) is 19.3. The summed E-state index contributed by atoms with van der Waals surface area (Å²) >= 11 is 0. The summed E-state index contributed by atoms with van der Waals surface area (Å²) in [7, 11) is 4.22. The molecule has 0 amide bonds. The first kappa shape index (κ1) is 29.7. The van der Waals surface area contributed by atoms with Crippen LogP contribution in [-0.4, -0.2) is 73.1 Å². The zero-order chi connectivity index (χ0) is 30.1. The Hall–Kier alpha value is -3.83. The highest BCUT2D eigenvalue weighted by Gasteiger charge is 2.78. The van der Waals surface area contributed by atoms with Crippen molar-refractivity contribution in [3.63, 3.8) is 0 Å². The Morgan fingerprint density at radius 3 is 2.33 bits per heavy atom. The average molecular weight is 581 g/mol. The van der Waals surface area contributed by atoms with E-state index in [1.807, 2.05) is 30.3 Å². The molecule has 1 fully saturated rings. The molecule has 4 N–H and O–H groups in total. The molecule has 5 rings (SSSR count). The van der Waals surface area contributed by atoms with Crippen LogP contribution in [0.2, 0.25) is 0 Å². The number of aliphatic hydroxyl groups is 4. The number of aliphatic hydroxyl groups excluding tert-OH is 3. The van der Waals surface area contributed by atoms with E-state index in [0.29, 0.717) is 35.5 Å². The van der Waals surface area contributed by atoms with Crippen LogP contribution in [0.25, 0.3) is 0 Å². The summed E-state index contributed by atoms with van der Waals surface area (Å²) in [5.41, 5.74) is -2.51. The maximum absolute atomic E-state index is 13.3. The molecule has 10 nitrogen and oxygen atoms in total. The molecule has 2 aliphatic rings. The molecular weight excluding hydrogens is 544 g/mol. The number of benzene rings is 3. The predicted molar refractivity (Wildman–Crippen MR) is 151 cm³/mol. The first-order valence-electron chi connectivity index (χ1n) is 13.8. The van der Waals surface area contributed by atoms with Gasteiger partial charge in [0.05, 0.1) is 52.1 Å². The number of methoxy groups -OCH3 is 3. The Morgan fingerprint density at radius 2 is 1.71 bits per heavy atom. The van der Waals surface area contributed by atoms with Crippen molar-refractivity contribution in [2.75, 3.05) is 34.5 Å². The number of carbonyl (C=O) groups is 1. The van der Waals surface area contributed by atoms with Gasteiger partial charge in [0.15, 0.2) is 11.2 Å². The van der Waals surface area contributed by atoms with Crippen molar-refractivity contribution in [2.45, 2.75) is 42.2 Å². The minimum absolute atomic E-state index is 0.184. The van der Waals surface area contributed by atoms with E-state index in [9.17, 15) is 20.1 Å². The van der Waals surface area contributed by atoms with Crippen molar-refractivity contribution in [2.24, 2.45) is 5.92 Å². The van der Waals surface area contributed by atoms with E-state index in [4.69, 9.17) is 28.8 Å². The zero-order valence-electron chi connectivity index (χ0n) is 23.7. The quantitative estimate of drug-likeness (QED) is 0.197. The van der Waals surface area contributed by atoms with E-state index in [1.54, 1.807) is 43.5 Å². The van der Waals surface area contributed by atoms with Crippen LogP contribution in [0.1, 0.15) is 35.4 Å². The van der Waals surface area contributed by atoms with Gasteiger partial charge in [-0.25, -0.2) is 0 Å². The van der Waals surface area contributed by atoms with Gasteiger partial charge < -0.3 is 44.1 Å². The van der Waals surface area contributed by atoms with E-state index >= 15 is 0 Å². The maximum atomic E-state index is 13.3. The van der Waals surface area contributed by atoms with E-state index in [-0.39, 0.29) is 30.3 Å². The molecule has 0 saturated heterocycles. The highest BCUT2D eigenvalue weighted by Crippen LogP contribution is 2.70. The van der Waals surface area contributed by atoms with Crippen LogP contribution in [0.5, 0.6) is 23.0 Å². The standard InChI is InChI=1S/C32H36O10/c1-38-22-13-11-20(12-14-22)32-27(19-8-5-4-6-9-19)26(30(36)40-3)29(35)31(32,37)28-24(39-2)16-23(17-25(28)42-32)41-15-7-10-21(34)18-33/h4-6,8-9,11-14,16-17,21,26-27,29,33-35,37H,7,10,15,18H2,1-3H3/t21?,26-,27-,29-,31+,32+/m1/s1.